The van der Waals surface area contributed by atoms with E-state index in [1.165, 1.54) is 10.7 Å². The first kappa shape index (κ1) is 29.1. The van der Waals surface area contributed by atoms with Crippen LogP contribution in [0.5, 0.6) is 5.75 Å². The first-order valence-corrected chi connectivity index (χ1v) is 15.3. The van der Waals surface area contributed by atoms with E-state index in [1.54, 1.807) is 37.1 Å². The zero-order valence-electron chi connectivity index (χ0n) is 23.1. The Bertz CT molecular complexity index is 1240. The van der Waals surface area contributed by atoms with Gasteiger partial charge in [-0.15, -0.1) is 0 Å². The summed E-state index contributed by atoms with van der Waals surface area (Å²) in [4.78, 5) is 14.7. The number of sulfonamides is 1. The molecule has 2 aromatic rings. The number of fused-ring (bicyclic) bond motifs is 1. The molecule has 212 valence electrons. The van der Waals surface area contributed by atoms with E-state index in [1.807, 2.05) is 49.4 Å². The molecule has 1 aliphatic carbocycles. The van der Waals surface area contributed by atoms with Crippen molar-refractivity contribution in [2.24, 2.45) is 5.92 Å². The highest BCUT2D eigenvalue weighted by Gasteiger charge is 2.38. The fourth-order valence-corrected chi connectivity index (χ4v) is 7.03. The van der Waals surface area contributed by atoms with Gasteiger partial charge in [0.25, 0.3) is 0 Å². The molecule has 2 N–H and O–H groups in total. The molecule has 8 nitrogen and oxygen atoms in total. The van der Waals surface area contributed by atoms with Crippen LogP contribution < -0.4 is 10.1 Å². The molecule has 3 atom stereocenters. The van der Waals surface area contributed by atoms with Gasteiger partial charge in [-0.05, 0) is 43.0 Å². The standard InChI is InChI=1S/C30H41N3O5S/c1-22-19-33(23(2)21-34)39(36,37)29-17-16-25(15-14-24-10-6-4-7-11-24)18-27(29)38-28(22)20-32(3)30(35)31-26-12-8-5-9-13-26/h4,6-7,10-11,14-18,22-23,26,28,34H,5,8-9,12-13,19-21H2,1-3H3,(H,31,35)/t22-,23-,28+/m0/s1. The molecular formula is C30H41N3O5S. The fourth-order valence-electron chi connectivity index (χ4n) is 5.20. The van der Waals surface area contributed by atoms with Crippen LogP contribution in [0.15, 0.2) is 53.4 Å². The largest absolute Gasteiger partial charge is 0.487 e. The molecule has 1 saturated carbocycles. The van der Waals surface area contributed by atoms with Crippen molar-refractivity contribution in [3.05, 3.63) is 59.7 Å². The lowest BCUT2D eigenvalue weighted by molar-refractivity contribution is 0.0806. The molecular weight excluding hydrogens is 514 g/mol. The normalized spacial score (nSPS) is 22.8. The van der Waals surface area contributed by atoms with Gasteiger partial charge in [0.1, 0.15) is 16.7 Å². The van der Waals surface area contributed by atoms with Gasteiger partial charge in [0, 0.05) is 31.6 Å². The molecule has 9 heteroatoms. The molecule has 0 unspecified atom stereocenters. The summed E-state index contributed by atoms with van der Waals surface area (Å²) in [6.45, 7) is 3.79. The Kier molecular flexibility index (Phi) is 9.69. The number of ether oxygens (including phenoxy) is 1. The van der Waals surface area contributed by atoms with Gasteiger partial charge in [-0.25, -0.2) is 13.2 Å². The van der Waals surface area contributed by atoms with Crippen molar-refractivity contribution in [1.82, 2.24) is 14.5 Å². The van der Waals surface area contributed by atoms with Crippen LogP contribution in [0.3, 0.4) is 0 Å². The van der Waals surface area contributed by atoms with Gasteiger partial charge in [-0.1, -0.05) is 74.7 Å². The zero-order valence-corrected chi connectivity index (χ0v) is 23.9. The number of hydrogen-bond acceptors (Lipinski definition) is 5. The number of benzene rings is 2. The second-order valence-electron chi connectivity index (χ2n) is 10.9. The van der Waals surface area contributed by atoms with Crippen molar-refractivity contribution >= 4 is 28.2 Å². The number of amides is 2. The minimum Gasteiger partial charge on any atom is -0.487 e. The average Bonchev–Trinajstić information content (AvgIpc) is 2.94. The summed E-state index contributed by atoms with van der Waals surface area (Å²) in [5.74, 6) is 0.00774. The minimum atomic E-state index is -3.93. The smallest absolute Gasteiger partial charge is 0.317 e. The number of hydrogen-bond donors (Lipinski definition) is 2. The zero-order chi connectivity index (χ0) is 28.0. The number of urea groups is 1. The summed E-state index contributed by atoms with van der Waals surface area (Å²) in [6, 6.07) is 14.4. The Labute approximate surface area is 232 Å². The molecule has 4 rings (SSSR count). The third-order valence-corrected chi connectivity index (χ3v) is 9.71. The van der Waals surface area contributed by atoms with Crippen LogP contribution in [0.1, 0.15) is 57.1 Å². The number of nitrogens with zero attached hydrogens (tertiary/aromatic N) is 2. The van der Waals surface area contributed by atoms with E-state index in [2.05, 4.69) is 5.32 Å². The second kappa shape index (κ2) is 13.0. The van der Waals surface area contributed by atoms with E-state index >= 15 is 0 Å². The first-order valence-electron chi connectivity index (χ1n) is 13.9. The first-order chi connectivity index (χ1) is 18.7. The van der Waals surface area contributed by atoms with E-state index < -0.39 is 22.2 Å². The van der Waals surface area contributed by atoms with E-state index in [-0.39, 0.29) is 41.8 Å². The van der Waals surface area contributed by atoms with E-state index in [0.717, 1.165) is 36.8 Å². The Balaban J connectivity index is 1.62. The van der Waals surface area contributed by atoms with Gasteiger partial charge < -0.3 is 20.1 Å². The van der Waals surface area contributed by atoms with Gasteiger partial charge in [0.2, 0.25) is 10.0 Å². The van der Waals surface area contributed by atoms with Crippen molar-refractivity contribution in [3.63, 3.8) is 0 Å². The van der Waals surface area contributed by atoms with Crippen molar-refractivity contribution in [2.75, 3.05) is 26.7 Å². The monoisotopic (exact) mass is 555 g/mol. The lowest BCUT2D eigenvalue weighted by atomic mass is 9.96. The van der Waals surface area contributed by atoms with E-state index in [4.69, 9.17) is 4.74 Å². The topological polar surface area (TPSA) is 99.2 Å². The van der Waals surface area contributed by atoms with Gasteiger partial charge in [0.05, 0.1) is 13.2 Å². The van der Waals surface area contributed by atoms with Gasteiger partial charge in [-0.3, -0.25) is 0 Å². The molecule has 2 aliphatic rings. The lowest BCUT2D eigenvalue weighted by Crippen LogP contribution is -2.52. The fraction of sp³-hybridized carbons (Fsp3) is 0.500. The number of carbonyl (C=O) groups is 1. The van der Waals surface area contributed by atoms with Crippen molar-refractivity contribution < 1.29 is 23.1 Å². The maximum atomic E-state index is 13.7. The average molecular weight is 556 g/mol. The predicted octanol–water partition coefficient (Wildman–Crippen LogP) is 4.60. The summed E-state index contributed by atoms with van der Waals surface area (Å²) in [7, 11) is -2.18. The summed E-state index contributed by atoms with van der Waals surface area (Å²) < 4.78 is 35.2. The third kappa shape index (κ3) is 7.21. The maximum absolute atomic E-state index is 13.7. The summed E-state index contributed by atoms with van der Waals surface area (Å²) >= 11 is 0. The Morgan fingerprint density at radius 2 is 1.82 bits per heavy atom. The van der Waals surface area contributed by atoms with Crippen LogP contribution in [0.25, 0.3) is 12.2 Å². The van der Waals surface area contributed by atoms with E-state index in [0.29, 0.717) is 6.54 Å². The molecule has 0 aromatic heterocycles. The second-order valence-corrected chi connectivity index (χ2v) is 12.7. The quantitative estimate of drug-likeness (QED) is 0.487. The molecule has 2 aromatic carbocycles. The van der Waals surface area contributed by atoms with E-state index in [9.17, 15) is 18.3 Å². The maximum Gasteiger partial charge on any atom is 0.317 e. The number of rotatable bonds is 7. The Morgan fingerprint density at radius 3 is 2.51 bits per heavy atom. The van der Waals surface area contributed by atoms with Crippen LogP contribution in [-0.2, 0) is 10.0 Å². The number of carbonyl (C=O) groups excluding carboxylic acids is 1. The Hall–Kier alpha value is -2.88. The lowest BCUT2D eigenvalue weighted by Gasteiger charge is -2.37. The Morgan fingerprint density at radius 1 is 1.13 bits per heavy atom. The predicted molar refractivity (Wildman–Crippen MR) is 154 cm³/mol. The molecule has 39 heavy (non-hydrogen) atoms. The SMILES string of the molecule is C[C@H]1CN([C@@H](C)CO)S(=O)(=O)c2ccc(C=Cc3ccccc3)cc2O[C@@H]1CN(C)C(=O)NC1CCCCC1. The van der Waals surface area contributed by atoms with Gasteiger partial charge >= 0.3 is 6.03 Å². The van der Waals surface area contributed by atoms with Crippen molar-refractivity contribution in [2.45, 2.75) is 69.0 Å². The summed E-state index contributed by atoms with van der Waals surface area (Å²) in [6.07, 6.45) is 8.88. The minimum absolute atomic E-state index is 0.0610. The van der Waals surface area contributed by atoms with Gasteiger partial charge in [0.15, 0.2) is 0 Å². The number of aliphatic hydroxyl groups excluding tert-OH is 1. The van der Waals surface area contributed by atoms with Crippen molar-refractivity contribution in [3.8, 4) is 5.75 Å². The number of aliphatic hydroxyl groups is 1. The molecule has 0 spiro atoms. The molecule has 0 saturated heterocycles. The highest BCUT2D eigenvalue weighted by atomic mass is 32.2. The van der Waals surface area contributed by atoms with Crippen LogP contribution in [0, 0.1) is 5.92 Å². The van der Waals surface area contributed by atoms with Crippen LogP contribution in [0.4, 0.5) is 4.79 Å². The summed E-state index contributed by atoms with van der Waals surface area (Å²) in [5, 5.41) is 13.0. The molecule has 0 radical (unpaired) electrons. The highest BCUT2D eigenvalue weighted by Crippen LogP contribution is 2.34. The van der Waals surface area contributed by atoms with Gasteiger partial charge in [-0.2, -0.15) is 4.31 Å². The molecule has 2 amide bonds. The van der Waals surface area contributed by atoms with Crippen LogP contribution in [-0.4, -0.2) is 73.7 Å². The third-order valence-electron chi connectivity index (χ3n) is 7.69. The molecule has 1 fully saturated rings. The van der Waals surface area contributed by atoms with Crippen LogP contribution >= 0.6 is 0 Å². The number of nitrogens with one attached hydrogen (secondary N) is 1. The van der Waals surface area contributed by atoms with Crippen LogP contribution in [0.2, 0.25) is 0 Å². The molecule has 0 bridgehead atoms. The molecule has 1 aliphatic heterocycles. The molecule has 1 heterocycles. The number of likely N-dealkylation sites (N-methyl/N-ethyl adjacent to an activating group) is 1. The van der Waals surface area contributed by atoms with Crippen molar-refractivity contribution in [1.29, 1.82) is 0 Å². The summed E-state index contributed by atoms with van der Waals surface area (Å²) in [5.41, 5.74) is 1.82. The highest BCUT2D eigenvalue weighted by molar-refractivity contribution is 7.89.